The molecule has 2 rings (SSSR count). The minimum Gasteiger partial charge on any atom is -0.493 e. The number of aliphatic carboxylic acids is 1. The normalized spacial score (nSPS) is 15.9. The molecule has 0 unspecified atom stereocenters. The first-order valence-corrected chi connectivity index (χ1v) is 8.47. The maximum atomic E-state index is 11.6. The van der Waals surface area contributed by atoms with Gasteiger partial charge in [0.15, 0.2) is 0 Å². The smallest absolute Gasteiger partial charge is 0.322 e. The Kier molecular flexibility index (Phi) is 7.15. The molecule has 1 aliphatic rings. The molecule has 2 N–H and O–H groups in total. The van der Waals surface area contributed by atoms with Crippen LogP contribution in [0.25, 0.3) is 0 Å². The van der Waals surface area contributed by atoms with E-state index in [4.69, 9.17) is 33.0 Å². The van der Waals surface area contributed by atoms with E-state index in [0.717, 1.165) is 25.9 Å². The number of hydrogen-bond donors (Lipinski definition) is 2. The lowest BCUT2D eigenvalue weighted by atomic mass is 9.98. The van der Waals surface area contributed by atoms with Gasteiger partial charge in [-0.1, -0.05) is 23.2 Å². The third kappa shape index (κ3) is 6.55. The monoisotopic (exact) mass is 374 g/mol. The number of hydrogen-bond acceptors (Lipinski definition) is 4. The molecule has 0 aromatic heterocycles. The summed E-state index contributed by atoms with van der Waals surface area (Å²) in [6, 6.07) is 5.12. The van der Waals surface area contributed by atoms with Gasteiger partial charge >= 0.3 is 5.97 Å². The van der Waals surface area contributed by atoms with Crippen molar-refractivity contribution in [2.45, 2.75) is 12.8 Å². The molecule has 1 heterocycles. The average Bonchev–Trinajstić information content (AvgIpc) is 2.51. The molecule has 0 aliphatic carbocycles. The maximum Gasteiger partial charge on any atom is 0.322 e. The highest BCUT2D eigenvalue weighted by Gasteiger charge is 2.21. The first-order chi connectivity index (χ1) is 11.4. The molecule has 1 aromatic rings. The summed E-state index contributed by atoms with van der Waals surface area (Å²) in [6.45, 7) is 2.03. The number of amides is 1. The topological polar surface area (TPSA) is 78.9 Å². The van der Waals surface area contributed by atoms with Crippen molar-refractivity contribution < 1.29 is 19.4 Å². The third-order valence-corrected chi connectivity index (χ3v) is 4.27. The standard InChI is InChI=1S/C16H20Cl2N2O4/c17-12-5-13(18)7-14(6-12)24-10-11-1-3-20(4-2-11)9-15(21)19-8-16(22)23/h5-7,11H,1-4,8-10H2,(H,19,21)(H,22,23). The molecule has 1 aromatic carbocycles. The van der Waals surface area contributed by atoms with Gasteiger partial charge in [-0.15, -0.1) is 0 Å². The van der Waals surface area contributed by atoms with Crippen molar-refractivity contribution in [1.82, 2.24) is 10.2 Å². The van der Waals surface area contributed by atoms with Gasteiger partial charge in [0.05, 0.1) is 13.2 Å². The molecule has 0 radical (unpaired) electrons. The van der Waals surface area contributed by atoms with E-state index in [9.17, 15) is 9.59 Å². The highest BCUT2D eigenvalue weighted by Crippen LogP contribution is 2.25. The van der Waals surface area contributed by atoms with Crippen LogP contribution in [0.5, 0.6) is 5.75 Å². The minimum absolute atomic E-state index is 0.227. The molecule has 0 spiro atoms. The van der Waals surface area contributed by atoms with Crippen LogP contribution >= 0.6 is 23.2 Å². The number of likely N-dealkylation sites (tertiary alicyclic amines) is 1. The van der Waals surface area contributed by atoms with Gasteiger partial charge in [0, 0.05) is 10.0 Å². The highest BCUT2D eigenvalue weighted by atomic mass is 35.5. The van der Waals surface area contributed by atoms with Crippen LogP contribution in [0.15, 0.2) is 18.2 Å². The number of benzene rings is 1. The molecule has 1 aliphatic heterocycles. The van der Waals surface area contributed by atoms with Gasteiger partial charge in [-0.25, -0.2) is 0 Å². The van der Waals surface area contributed by atoms with Crippen LogP contribution in [0.2, 0.25) is 10.0 Å². The summed E-state index contributed by atoms with van der Waals surface area (Å²) < 4.78 is 5.76. The van der Waals surface area contributed by atoms with E-state index < -0.39 is 5.97 Å². The van der Waals surface area contributed by atoms with Crippen molar-refractivity contribution in [2.24, 2.45) is 5.92 Å². The van der Waals surface area contributed by atoms with Gasteiger partial charge in [0.25, 0.3) is 0 Å². The number of piperidine rings is 1. The van der Waals surface area contributed by atoms with Crippen molar-refractivity contribution in [2.75, 3.05) is 32.8 Å². The zero-order chi connectivity index (χ0) is 17.5. The Morgan fingerprint density at radius 2 is 1.83 bits per heavy atom. The average molecular weight is 375 g/mol. The molecule has 1 fully saturated rings. The summed E-state index contributed by atoms with van der Waals surface area (Å²) in [5.41, 5.74) is 0. The summed E-state index contributed by atoms with van der Waals surface area (Å²) in [4.78, 5) is 24.0. The number of nitrogens with zero attached hydrogens (tertiary/aromatic N) is 1. The molecule has 0 saturated carbocycles. The number of halogens is 2. The Morgan fingerprint density at radius 1 is 1.21 bits per heavy atom. The second kappa shape index (κ2) is 9.11. The Bertz CT molecular complexity index is 569. The Morgan fingerprint density at radius 3 is 2.42 bits per heavy atom. The molecule has 132 valence electrons. The summed E-state index contributed by atoms with van der Waals surface area (Å²) >= 11 is 11.9. The molecular formula is C16H20Cl2N2O4. The lowest BCUT2D eigenvalue weighted by Crippen LogP contribution is -2.43. The lowest BCUT2D eigenvalue weighted by Gasteiger charge is -2.31. The zero-order valence-corrected chi connectivity index (χ0v) is 14.6. The first-order valence-electron chi connectivity index (χ1n) is 7.72. The van der Waals surface area contributed by atoms with Gasteiger partial charge in [-0.3, -0.25) is 14.5 Å². The first kappa shape index (κ1) is 18.8. The van der Waals surface area contributed by atoms with Crippen molar-refractivity contribution >= 4 is 35.1 Å². The number of nitrogens with one attached hydrogen (secondary N) is 1. The minimum atomic E-state index is -1.04. The second-order valence-corrected chi connectivity index (χ2v) is 6.68. The van der Waals surface area contributed by atoms with E-state index in [0.29, 0.717) is 28.3 Å². The molecular weight excluding hydrogens is 355 g/mol. The molecule has 24 heavy (non-hydrogen) atoms. The van der Waals surface area contributed by atoms with Gasteiger partial charge in [-0.05, 0) is 50.0 Å². The van der Waals surface area contributed by atoms with Crippen LogP contribution in [0.4, 0.5) is 0 Å². The zero-order valence-electron chi connectivity index (χ0n) is 13.1. The largest absolute Gasteiger partial charge is 0.493 e. The van der Waals surface area contributed by atoms with Crippen molar-refractivity contribution in [1.29, 1.82) is 0 Å². The fraction of sp³-hybridized carbons (Fsp3) is 0.500. The van der Waals surface area contributed by atoms with Crippen molar-refractivity contribution in [3.63, 3.8) is 0 Å². The van der Waals surface area contributed by atoms with E-state index in [1.807, 2.05) is 4.90 Å². The second-order valence-electron chi connectivity index (χ2n) is 5.81. The van der Waals surface area contributed by atoms with Gasteiger partial charge < -0.3 is 15.2 Å². The van der Waals surface area contributed by atoms with Gasteiger partial charge in [0.2, 0.25) is 5.91 Å². The number of carbonyl (C=O) groups excluding carboxylic acids is 1. The van der Waals surface area contributed by atoms with Crippen LogP contribution in [0.1, 0.15) is 12.8 Å². The number of carbonyl (C=O) groups is 2. The molecule has 1 amide bonds. The van der Waals surface area contributed by atoms with Crippen molar-refractivity contribution in [3.8, 4) is 5.75 Å². The predicted molar refractivity (Wildman–Crippen MR) is 91.8 cm³/mol. The number of ether oxygens (including phenoxy) is 1. The van der Waals surface area contributed by atoms with Gasteiger partial charge in [-0.2, -0.15) is 0 Å². The fourth-order valence-electron chi connectivity index (χ4n) is 2.57. The van der Waals surface area contributed by atoms with Crippen LogP contribution in [-0.4, -0.2) is 54.7 Å². The predicted octanol–water partition coefficient (Wildman–Crippen LogP) is 2.29. The summed E-state index contributed by atoms with van der Waals surface area (Å²) in [6.07, 6.45) is 1.83. The molecule has 8 heteroatoms. The summed E-state index contributed by atoms with van der Waals surface area (Å²) in [5.74, 6) is -0.245. The van der Waals surface area contributed by atoms with Crippen LogP contribution < -0.4 is 10.1 Å². The molecule has 0 bridgehead atoms. The fourth-order valence-corrected chi connectivity index (χ4v) is 3.08. The van der Waals surface area contributed by atoms with Crippen LogP contribution in [0, 0.1) is 5.92 Å². The van der Waals surface area contributed by atoms with Crippen molar-refractivity contribution in [3.05, 3.63) is 28.2 Å². The number of carboxylic acids is 1. The lowest BCUT2D eigenvalue weighted by molar-refractivity contribution is -0.138. The number of rotatable bonds is 7. The van der Waals surface area contributed by atoms with E-state index in [1.165, 1.54) is 0 Å². The maximum absolute atomic E-state index is 11.6. The Labute approximate surface area is 150 Å². The van der Waals surface area contributed by atoms with E-state index in [1.54, 1.807) is 18.2 Å². The van der Waals surface area contributed by atoms with Crippen LogP contribution in [-0.2, 0) is 9.59 Å². The number of carboxylic acid groups (broad SMARTS) is 1. The highest BCUT2D eigenvalue weighted by molar-refractivity contribution is 6.34. The van der Waals surface area contributed by atoms with Crippen LogP contribution in [0.3, 0.4) is 0 Å². The molecule has 0 atom stereocenters. The third-order valence-electron chi connectivity index (χ3n) is 3.83. The summed E-state index contributed by atoms with van der Waals surface area (Å²) in [7, 11) is 0. The van der Waals surface area contributed by atoms with E-state index in [2.05, 4.69) is 5.32 Å². The Balaban J connectivity index is 1.69. The SMILES string of the molecule is O=C(O)CNC(=O)CN1CCC(COc2cc(Cl)cc(Cl)c2)CC1. The van der Waals surface area contributed by atoms with Gasteiger partial charge in [0.1, 0.15) is 12.3 Å². The quantitative estimate of drug-likeness (QED) is 0.765. The summed E-state index contributed by atoms with van der Waals surface area (Å²) in [5, 5.41) is 12.0. The molecule has 6 nitrogen and oxygen atoms in total. The molecule has 1 saturated heterocycles. The Hall–Kier alpha value is -1.50. The van der Waals surface area contributed by atoms with E-state index >= 15 is 0 Å². The van der Waals surface area contributed by atoms with E-state index in [-0.39, 0.29) is 19.0 Å².